The average molecular weight is 337 g/mol. The quantitative estimate of drug-likeness (QED) is 0.836. The van der Waals surface area contributed by atoms with Crippen LogP contribution in [0.25, 0.3) is 0 Å². The van der Waals surface area contributed by atoms with Crippen molar-refractivity contribution in [2.45, 2.75) is 13.1 Å². The molecule has 2 aromatic rings. The van der Waals surface area contributed by atoms with Gasteiger partial charge in [-0.2, -0.15) is 0 Å². The topological polar surface area (TPSA) is 8.88 Å². The minimum absolute atomic E-state index is 0.637. The lowest BCUT2D eigenvalue weighted by Gasteiger charge is -2.29. The van der Waals surface area contributed by atoms with Crippen LogP contribution in [0.15, 0.2) is 48.5 Å². The Labute approximate surface area is 142 Å². The van der Waals surface area contributed by atoms with Crippen LogP contribution in [0.4, 0.5) is 0 Å². The molecule has 4 heteroatoms. The van der Waals surface area contributed by atoms with Crippen molar-refractivity contribution < 1.29 is 9.80 Å². The predicted octanol–water partition coefficient (Wildman–Crippen LogP) is 1.48. The van der Waals surface area contributed by atoms with E-state index in [2.05, 4.69) is 36.4 Å². The van der Waals surface area contributed by atoms with Gasteiger partial charge in [-0.25, -0.2) is 0 Å². The molecule has 0 atom stereocenters. The van der Waals surface area contributed by atoms with E-state index in [4.69, 9.17) is 23.2 Å². The zero-order valence-electron chi connectivity index (χ0n) is 12.6. The first-order chi connectivity index (χ1) is 10.7. The molecular formula is C18H22Cl2N2+2. The maximum absolute atomic E-state index is 6.10. The molecule has 1 heterocycles. The van der Waals surface area contributed by atoms with Gasteiger partial charge in [-0.05, 0) is 12.1 Å². The summed E-state index contributed by atoms with van der Waals surface area (Å²) in [5.41, 5.74) is 2.71. The maximum atomic E-state index is 6.10. The lowest BCUT2D eigenvalue weighted by atomic mass is 10.1. The summed E-state index contributed by atoms with van der Waals surface area (Å²) in [5.74, 6) is 0. The molecule has 22 heavy (non-hydrogen) atoms. The van der Waals surface area contributed by atoms with Gasteiger partial charge in [-0.15, -0.1) is 0 Å². The number of quaternary nitrogens is 2. The number of benzene rings is 2. The number of hydrogen-bond donors (Lipinski definition) is 2. The van der Waals surface area contributed by atoms with Crippen LogP contribution < -0.4 is 9.80 Å². The molecule has 2 N–H and O–H groups in total. The Bertz CT molecular complexity index is 608. The van der Waals surface area contributed by atoms with E-state index in [0.717, 1.165) is 13.1 Å². The third-order valence-corrected chi connectivity index (χ3v) is 5.14. The van der Waals surface area contributed by atoms with E-state index >= 15 is 0 Å². The zero-order valence-corrected chi connectivity index (χ0v) is 14.1. The van der Waals surface area contributed by atoms with E-state index in [1.165, 1.54) is 37.3 Å². The minimum atomic E-state index is 0.637. The monoisotopic (exact) mass is 336 g/mol. The van der Waals surface area contributed by atoms with Crippen molar-refractivity contribution >= 4 is 23.2 Å². The molecule has 0 amide bonds. The van der Waals surface area contributed by atoms with Crippen LogP contribution in [-0.4, -0.2) is 26.2 Å². The van der Waals surface area contributed by atoms with Crippen LogP contribution in [0.5, 0.6) is 0 Å². The third-order valence-electron chi connectivity index (χ3n) is 4.40. The summed E-state index contributed by atoms with van der Waals surface area (Å²) in [6.07, 6.45) is 0. The number of nitrogens with one attached hydrogen (secondary N) is 2. The summed E-state index contributed by atoms with van der Waals surface area (Å²) < 4.78 is 0. The fourth-order valence-electron chi connectivity index (χ4n) is 3.13. The third kappa shape index (κ3) is 4.23. The molecule has 0 saturated carbocycles. The van der Waals surface area contributed by atoms with Crippen molar-refractivity contribution in [2.24, 2.45) is 0 Å². The standard InChI is InChI=1S/C18H20Cl2N2/c19-17-7-6-16(12-18(17)20)14-22-10-8-21(9-11-22)13-15-4-2-1-3-5-15/h1-7,12H,8-11,13-14H2/p+2. The summed E-state index contributed by atoms with van der Waals surface area (Å²) in [5, 5.41) is 1.30. The van der Waals surface area contributed by atoms with Gasteiger partial charge >= 0.3 is 0 Å². The lowest BCUT2D eigenvalue weighted by Crippen LogP contribution is -3.27. The second-order valence-electron chi connectivity index (χ2n) is 6.09. The Kier molecular flexibility index (Phi) is 5.37. The molecule has 0 bridgehead atoms. The number of rotatable bonds is 4. The van der Waals surface area contributed by atoms with Crippen molar-refractivity contribution in [3.05, 3.63) is 69.7 Å². The molecule has 0 radical (unpaired) electrons. The number of halogens is 2. The Morgan fingerprint density at radius 2 is 1.27 bits per heavy atom. The Hall–Kier alpha value is -1.06. The highest BCUT2D eigenvalue weighted by molar-refractivity contribution is 6.42. The van der Waals surface area contributed by atoms with Crippen LogP contribution >= 0.6 is 23.2 Å². The molecule has 1 aliphatic heterocycles. The number of piperazine rings is 1. The Morgan fingerprint density at radius 3 is 1.86 bits per heavy atom. The molecule has 0 aromatic heterocycles. The molecule has 0 spiro atoms. The molecule has 2 nitrogen and oxygen atoms in total. The molecule has 116 valence electrons. The van der Waals surface area contributed by atoms with E-state index in [1.54, 1.807) is 9.80 Å². The van der Waals surface area contributed by atoms with Crippen LogP contribution in [0.2, 0.25) is 10.0 Å². The van der Waals surface area contributed by atoms with Gasteiger partial charge < -0.3 is 9.80 Å². The summed E-state index contributed by atoms with van der Waals surface area (Å²) >= 11 is 12.1. The molecular weight excluding hydrogens is 315 g/mol. The fraction of sp³-hybridized carbons (Fsp3) is 0.333. The van der Waals surface area contributed by atoms with Crippen LogP contribution in [0.3, 0.4) is 0 Å². The smallest absolute Gasteiger partial charge is 0.127 e. The van der Waals surface area contributed by atoms with Crippen molar-refractivity contribution in [1.82, 2.24) is 0 Å². The van der Waals surface area contributed by atoms with Crippen molar-refractivity contribution in [2.75, 3.05) is 26.2 Å². The van der Waals surface area contributed by atoms with Crippen molar-refractivity contribution in [3.8, 4) is 0 Å². The summed E-state index contributed by atoms with van der Waals surface area (Å²) in [4.78, 5) is 3.32. The minimum Gasteiger partial charge on any atom is -0.322 e. The predicted molar refractivity (Wildman–Crippen MR) is 91.7 cm³/mol. The highest BCUT2D eigenvalue weighted by Crippen LogP contribution is 2.22. The van der Waals surface area contributed by atoms with Crippen LogP contribution in [0.1, 0.15) is 11.1 Å². The Balaban J connectivity index is 1.50. The molecule has 0 unspecified atom stereocenters. The summed E-state index contributed by atoms with van der Waals surface area (Å²) in [7, 11) is 0. The van der Waals surface area contributed by atoms with E-state index in [-0.39, 0.29) is 0 Å². The van der Waals surface area contributed by atoms with Gasteiger partial charge in [0, 0.05) is 11.1 Å². The first kappa shape index (κ1) is 15.8. The van der Waals surface area contributed by atoms with E-state index in [9.17, 15) is 0 Å². The van der Waals surface area contributed by atoms with Gasteiger partial charge in [0.05, 0.1) is 10.0 Å². The van der Waals surface area contributed by atoms with Gasteiger partial charge in [-0.3, -0.25) is 0 Å². The molecule has 1 aliphatic rings. The highest BCUT2D eigenvalue weighted by atomic mass is 35.5. The second-order valence-corrected chi connectivity index (χ2v) is 6.90. The second kappa shape index (κ2) is 7.47. The van der Waals surface area contributed by atoms with Crippen molar-refractivity contribution in [3.63, 3.8) is 0 Å². The summed E-state index contributed by atoms with van der Waals surface area (Å²) in [6.45, 7) is 7.05. The molecule has 1 saturated heterocycles. The SMILES string of the molecule is Clc1ccc(C[NH+]2CC[NH+](Cc3ccccc3)CC2)cc1Cl. The van der Waals surface area contributed by atoms with Crippen LogP contribution in [-0.2, 0) is 13.1 Å². The molecule has 2 aromatic carbocycles. The molecule has 1 fully saturated rings. The highest BCUT2D eigenvalue weighted by Gasteiger charge is 2.23. The van der Waals surface area contributed by atoms with Gasteiger partial charge in [0.25, 0.3) is 0 Å². The summed E-state index contributed by atoms with van der Waals surface area (Å²) in [6, 6.07) is 16.8. The first-order valence-corrected chi connectivity index (χ1v) is 8.61. The first-order valence-electron chi connectivity index (χ1n) is 7.86. The van der Waals surface area contributed by atoms with E-state index in [0.29, 0.717) is 10.0 Å². The normalized spacial score (nSPS) is 21.7. The molecule has 3 rings (SSSR count). The average Bonchev–Trinajstić information content (AvgIpc) is 2.54. The van der Waals surface area contributed by atoms with Crippen LogP contribution in [0, 0.1) is 0 Å². The van der Waals surface area contributed by atoms with E-state index in [1.807, 2.05) is 12.1 Å². The van der Waals surface area contributed by atoms with Gasteiger partial charge in [0.15, 0.2) is 0 Å². The van der Waals surface area contributed by atoms with Gasteiger partial charge in [-0.1, -0.05) is 59.6 Å². The van der Waals surface area contributed by atoms with Crippen molar-refractivity contribution in [1.29, 1.82) is 0 Å². The largest absolute Gasteiger partial charge is 0.322 e. The zero-order chi connectivity index (χ0) is 15.4. The fourth-order valence-corrected chi connectivity index (χ4v) is 3.45. The van der Waals surface area contributed by atoms with Gasteiger partial charge in [0.1, 0.15) is 39.3 Å². The van der Waals surface area contributed by atoms with Gasteiger partial charge in [0.2, 0.25) is 0 Å². The lowest BCUT2D eigenvalue weighted by molar-refractivity contribution is -1.02. The van der Waals surface area contributed by atoms with E-state index < -0.39 is 0 Å². The Morgan fingerprint density at radius 1 is 0.682 bits per heavy atom. The maximum Gasteiger partial charge on any atom is 0.127 e. The molecule has 0 aliphatic carbocycles. The number of hydrogen-bond acceptors (Lipinski definition) is 0.